The summed E-state index contributed by atoms with van der Waals surface area (Å²) >= 11 is 6.45. The standard InChI is InChI=1S/C26H31ClN6O4.C2H6/c1-16-4-3-7-32(11-16)26-29-10-20(27)24(31-26)30-19-5-6-21-18(8-19)9-22(37-15-23(34)28-2)25(35)33(21)12-17-13-36-14-17;1-2/h5-6,8-10,16-17H,3-4,7,11-15H2,1-2H3,(H,28,34)(H,29,30,31);1-2H3. The van der Waals surface area contributed by atoms with Crippen molar-refractivity contribution in [3.8, 4) is 5.75 Å². The minimum Gasteiger partial charge on any atom is -0.478 e. The maximum absolute atomic E-state index is 13.2. The van der Waals surface area contributed by atoms with E-state index < -0.39 is 0 Å². The second kappa shape index (κ2) is 13.1. The van der Waals surface area contributed by atoms with E-state index in [4.69, 9.17) is 26.1 Å². The fraction of sp³-hybridized carbons (Fsp3) is 0.500. The van der Waals surface area contributed by atoms with Crippen LogP contribution >= 0.6 is 11.6 Å². The SMILES string of the molecule is CC.CNC(=O)COc1cc2cc(Nc3nc(N4CCCC(C)C4)ncc3Cl)ccc2n(CC2COC2)c1=O. The van der Waals surface area contributed by atoms with Crippen LogP contribution in [0.2, 0.25) is 5.02 Å². The van der Waals surface area contributed by atoms with Crippen LogP contribution in [0.4, 0.5) is 17.5 Å². The Morgan fingerprint density at radius 3 is 2.74 bits per heavy atom. The maximum atomic E-state index is 13.2. The average Bonchev–Trinajstić information content (AvgIpc) is 2.92. The number of likely N-dealkylation sites (N-methyl/N-ethyl adjacent to an activating group) is 1. The van der Waals surface area contributed by atoms with Gasteiger partial charge in [-0.1, -0.05) is 32.4 Å². The summed E-state index contributed by atoms with van der Waals surface area (Å²) in [5.41, 5.74) is 1.25. The number of aromatic nitrogens is 3. The van der Waals surface area contributed by atoms with Crippen molar-refractivity contribution >= 4 is 45.9 Å². The van der Waals surface area contributed by atoms with Crippen molar-refractivity contribution in [2.24, 2.45) is 11.8 Å². The van der Waals surface area contributed by atoms with Crippen molar-refractivity contribution in [1.82, 2.24) is 19.9 Å². The quantitative estimate of drug-likeness (QED) is 0.424. The van der Waals surface area contributed by atoms with Gasteiger partial charge in [0.2, 0.25) is 5.95 Å². The fourth-order valence-electron chi connectivity index (χ4n) is 4.69. The van der Waals surface area contributed by atoms with Gasteiger partial charge in [0.05, 0.1) is 24.9 Å². The van der Waals surface area contributed by atoms with E-state index in [9.17, 15) is 9.59 Å². The highest BCUT2D eigenvalue weighted by Gasteiger charge is 2.23. The van der Waals surface area contributed by atoms with Crippen LogP contribution in [0, 0.1) is 11.8 Å². The molecule has 1 aromatic carbocycles. The molecule has 3 aromatic rings. The van der Waals surface area contributed by atoms with Crippen molar-refractivity contribution in [2.45, 2.75) is 40.2 Å². The molecule has 2 aromatic heterocycles. The van der Waals surface area contributed by atoms with Crippen LogP contribution < -0.4 is 25.8 Å². The summed E-state index contributed by atoms with van der Waals surface area (Å²) in [7, 11) is 1.52. The Bertz CT molecular complexity index is 1360. The number of pyridine rings is 1. The molecule has 2 aliphatic heterocycles. The van der Waals surface area contributed by atoms with Gasteiger partial charge in [-0.15, -0.1) is 0 Å². The van der Waals surface area contributed by atoms with Crippen LogP contribution in [-0.4, -0.2) is 60.4 Å². The predicted molar refractivity (Wildman–Crippen MR) is 154 cm³/mol. The van der Waals surface area contributed by atoms with Gasteiger partial charge in [0.1, 0.15) is 5.02 Å². The minimum atomic E-state index is -0.314. The fourth-order valence-corrected chi connectivity index (χ4v) is 4.83. The van der Waals surface area contributed by atoms with Gasteiger partial charge >= 0.3 is 0 Å². The molecule has 0 radical (unpaired) electrons. The van der Waals surface area contributed by atoms with Crippen LogP contribution in [0.15, 0.2) is 35.3 Å². The summed E-state index contributed by atoms with van der Waals surface area (Å²) in [6, 6.07) is 7.36. The number of carbonyl (C=O) groups excluding carboxylic acids is 1. The van der Waals surface area contributed by atoms with Gasteiger partial charge in [-0.2, -0.15) is 4.98 Å². The highest BCUT2D eigenvalue weighted by atomic mass is 35.5. The highest BCUT2D eigenvalue weighted by molar-refractivity contribution is 6.32. The number of ether oxygens (including phenoxy) is 2. The Hall–Kier alpha value is -3.37. The second-order valence-electron chi connectivity index (χ2n) is 9.75. The molecule has 1 atom stereocenters. The first-order valence-corrected chi connectivity index (χ1v) is 13.9. The van der Waals surface area contributed by atoms with Gasteiger partial charge in [0.15, 0.2) is 18.2 Å². The zero-order valence-electron chi connectivity index (χ0n) is 23.0. The number of fused-ring (bicyclic) bond motifs is 1. The Morgan fingerprint density at radius 1 is 1.26 bits per heavy atom. The number of hydrogen-bond acceptors (Lipinski definition) is 8. The summed E-state index contributed by atoms with van der Waals surface area (Å²) in [5, 5.41) is 7.01. The number of nitrogens with zero attached hydrogens (tertiary/aromatic N) is 4. The largest absolute Gasteiger partial charge is 0.478 e. The molecule has 210 valence electrons. The normalized spacial score (nSPS) is 17.2. The highest BCUT2D eigenvalue weighted by Crippen LogP contribution is 2.29. The van der Waals surface area contributed by atoms with Crippen molar-refractivity contribution in [3.05, 3.63) is 45.8 Å². The van der Waals surface area contributed by atoms with Crippen LogP contribution in [-0.2, 0) is 16.1 Å². The van der Waals surface area contributed by atoms with Gasteiger partial charge in [-0.3, -0.25) is 9.59 Å². The van der Waals surface area contributed by atoms with Gasteiger partial charge in [0, 0.05) is 43.7 Å². The van der Waals surface area contributed by atoms with E-state index in [2.05, 4.69) is 27.4 Å². The summed E-state index contributed by atoms with van der Waals surface area (Å²) < 4.78 is 12.6. The van der Waals surface area contributed by atoms with Crippen LogP contribution in [0.5, 0.6) is 5.75 Å². The average molecular weight is 557 g/mol. The lowest BCUT2D eigenvalue weighted by Crippen LogP contribution is -2.36. The molecule has 0 bridgehead atoms. The Labute approximate surface area is 233 Å². The first-order chi connectivity index (χ1) is 18.9. The monoisotopic (exact) mass is 556 g/mol. The van der Waals surface area contributed by atoms with Gasteiger partial charge in [0.25, 0.3) is 11.5 Å². The lowest BCUT2D eigenvalue weighted by molar-refractivity contribution is -0.122. The molecule has 2 aliphatic rings. The lowest BCUT2D eigenvalue weighted by atomic mass is 10.0. The first kappa shape index (κ1) is 28.6. The third kappa shape index (κ3) is 6.80. The molecule has 1 unspecified atom stereocenters. The van der Waals surface area contributed by atoms with Crippen molar-refractivity contribution in [1.29, 1.82) is 0 Å². The topological polar surface area (TPSA) is 111 Å². The zero-order chi connectivity index (χ0) is 27.9. The zero-order valence-corrected chi connectivity index (χ0v) is 23.8. The summed E-state index contributed by atoms with van der Waals surface area (Å²) in [6.07, 6.45) is 3.94. The summed E-state index contributed by atoms with van der Waals surface area (Å²) in [6.45, 7) is 9.57. The summed E-state index contributed by atoms with van der Waals surface area (Å²) in [4.78, 5) is 36.3. The molecule has 10 nitrogen and oxygen atoms in total. The maximum Gasteiger partial charge on any atom is 0.293 e. The molecule has 0 saturated carbocycles. The molecule has 39 heavy (non-hydrogen) atoms. The smallest absolute Gasteiger partial charge is 0.293 e. The summed E-state index contributed by atoms with van der Waals surface area (Å²) in [5.74, 6) is 1.82. The number of nitrogens with one attached hydrogen (secondary N) is 2. The Kier molecular flexibility index (Phi) is 9.63. The minimum absolute atomic E-state index is 0.120. The van der Waals surface area contributed by atoms with E-state index in [-0.39, 0.29) is 29.7 Å². The third-order valence-corrected chi connectivity index (χ3v) is 7.06. The Balaban J connectivity index is 0.00000172. The Morgan fingerprint density at radius 2 is 2.05 bits per heavy atom. The van der Waals surface area contributed by atoms with Gasteiger partial charge < -0.3 is 29.6 Å². The number of piperidine rings is 1. The number of anilines is 3. The van der Waals surface area contributed by atoms with E-state index in [0.717, 1.165) is 36.1 Å². The molecule has 0 spiro atoms. The molecule has 4 heterocycles. The molecular weight excluding hydrogens is 520 g/mol. The number of benzene rings is 1. The van der Waals surface area contributed by atoms with Crippen LogP contribution in [0.3, 0.4) is 0 Å². The molecule has 2 saturated heterocycles. The van der Waals surface area contributed by atoms with Crippen molar-refractivity contribution < 1.29 is 14.3 Å². The van der Waals surface area contributed by atoms with Crippen molar-refractivity contribution in [2.75, 3.05) is 50.2 Å². The number of hydrogen-bond donors (Lipinski definition) is 2. The van der Waals surface area contributed by atoms with Gasteiger partial charge in [-0.05, 0) is 43.0 Å². The van der Waals surface area contributed by atoms with E-state index in [0.29, 0.717) is 42.5 Å². The molecule has 1 amide bonds. The van der Waals surface area contributed by atoms with Crippen LogP contribution in [0.1, 0.15) is 33.6 Å². The van der Waals surface area contributed by atoms with Crippen molar-refractivity contribution in [3.63, 3.8) is 0 Å². The molecule has 5 rings (SSSR count). The molecule has 2 N–H and O–H groups in total. The number of rotatable bonds is 8. The lowest BCUT2D eigenvalue weighted by Gasteiger charge is -2.31. The number of carbonyl (C=O) groups is 1. The third-order valence-electron chi connectivity index (χ3n) is 6.78. The molecule has 2 fully saturated rings. The van der Waals surface area contributed by atoms with E-state index in [1.165, 1.54) is 13.5 Å². The molecule has 0 aliphatic carbocycles. The number of halogens is 1. The van der Waals surface area contributed by atoms with E-state index >= 15 is 0 Å². The second-order valence-corrected chi connectivity index (χ2v) is 10.2. The van der Waals surface area contributed by atoms with E-state index in [1.807, 2.05) is 32.0 Å². The van der Waals surface area contributed by atoms with E-state index in [1.54, 1.807) is 16.8 Å². The predicted octanol–water partition coefficient (Wildman–Crippen LogP) is 4.22. The van der Waals surface area contributed by atoms with Crippen LogP contribution in [0.25, 0.3) is 10.9 Å². The first-order valence-electron chi connectivity index (χ1n) is 13.5. The number of amides is 1. The molecular formula is C28H37ClN6O4. The molecule has 11 heteroatoms. The van der Waals surface area contributed by atoms with Gasteiger partial charge in [-0.25, -0.2) is 4.98 Å².